The van der Waals surface area contributed by atoms with Gasteiger partial charge in [0.15, 0.2) is 11.5 Å². The van der Waals surface area contributed by atoms with Crippen LogP contribution in [0.2, 0.25) is 0 Å². The van der Waals surface area contributed by atoms with E-state index in [2.05, 4.69) is 11.2 Å². The number of hydrogen-bond donors (Lipinski definition) is 1. The van der Waals surface area contributed by atoms with E-state index in [4.69, 9.17) is 20.6 Å². The van der Waals surface area contributed by atoms with E-state index in [1.165, 1.54) is 14.2 Å². The molecule has 21 heavy (non-hydrogen) atoms. The number of hydrogen-bond acceptors (Lipinski definition) is 4. The van der Waals surface area contributed by atoms with Crippen molar-refractivity contribution < 1.29 is 19.0 Å². The molecule has 0 atom stereocenters. The van der Waals surface area contributed by atoms with Gasteiger partial charge in [0.1, 0.15) is 6.61 Å². The SMILES string of the molecule is C#CCOc1c(OC)cc(C(=O)NC2CCC2)cc1OC. The fourth-order valence-corrected chi connectivity index (χ4v) is 2.09. The smallest absolute Gasteiger partial charge is 0.251 e. The second kappa shape index (κ2) is 6.89. The molecule has 1 aromatic rings. The summed E-state index contributed by atoms with van der Waals surface area (Å²) in [5.41, 5.74) is 0.476. The van der Waals surface area contributed by atoms with Crippen molar-refractivity contribution in [2.45, 2.75) is 25.3 Å². The van der Waals surface area contributed by atoms with Crippen molar-refractivity contribution in [2.24, 2.45) is 0 Å². The molecule has 0 heterocycles. The van der Waals surface area contributed by atoms with Crippen molar-refractivity contribution in [2.75, 3.05) is 20.8 Å². The Kier molecular flexibility index (Phi) is 4.94. The molecular formula is C16H19NO4. The molecule has 0 saturated heterocycles. The molecule has 1 N–H and O–H groups in total. The van der Waals surface area contributed by atoms with E-state index in [0.717, 1.165) is 19.3 Å². The molecule has 0 radical (unpaired) electrons. The van der Waals surface area contributed by atoms with Gasteiger partial charge in [-0.2, -0.15) is 0 Å². The second-order valence-corrected chi connectivity index (χ2v) is 4.80. The zero-order valence-corrected chi connectivity index (χ0v) is 12.3. The summed E-state index contributed by atoms with van der Waals surface area (Å²) in [6.45, 7) is 0.0976. The number of nitrogens with one attached hydrogen (secondary N) is 1. The number of ether oxygens (including phenoxy) is 3. The minimum absolute atomic E-state index is 0.0976. The molecule has 1 aromatic carbocycles. The lowest BCUT2D eigenvalue weighted by molar-refractivity contribution is 0.0916. The van der Waals surface area contributed by atoms with Crippen LogP contribution in [0.4, 0.5) is 0 Å². The summed E-state index contributed by atoms with van der Waals surface area (Å²) in [7, 11) is 3.01. The Bertz CT molecular complexity index is 533. The standard InChI is InChI=1S/C16H19NO4/c1-4-8-21-15-13(19-2)9-11(10-14(15)20-3)16(18)17-12-6-5-7-12/h1,9-10,12H,5-8H2,2-3H3,(H,17,18). The van der Waals surface area contributed by atoms with Gasteiger partial charge in [0.05, 0.1) is 14.2 Å². The van der Waals surface area contributed by atoms with E-state index in [1.807, 2.05) is 0 Å². The normalized spacial score (nSPS) is 13.8. The number of amides is 1. The first-order valence-electron chi connectivity index (χ1n) is 6.82. The molecule has 1 fully saturated rings. The van der Waals surface area contributed by atoms with Gasteiger partial charge in [0.25, 0.3) is 5.91 Å². The largest absolute Gasteiger partial charge is 0.493 e. The number of carbonyl (C=O) groups excluding carboxylic acids is 1. The van der Waals surface area contributed by atoms with Crippen molar-refractivity contribution in [3.05, 3.63) is 17.7 Å². The van der Waals surface area contributed by atoms with Gasteiger partial charge in [-0.3, -0.25) is 4.79 Å². The Hall–Kier alpha value is -2.35. The summed E-state index contributed by atoms with van der Waals surface area (Å²) in [6, 6.07) is 3.52. The van der Waals surface area contributed by atoms with Crippen molar-refractivity contribution in [1.29, 1.82) is 0 Å². The molecule has 0 unspecified atom stereocenters. The van der Waals surface area contributed by atoms with Crippen LogP contribution in [0.5, 0.6) is 17.2 Å². The maximum atomic E-state index is 12.2. The molecule has 1 amide bonds. The predicted molar refractivity (Wildman–Crippen MR) is 79.0 cm³/mol. The quantitative estimate of drug-likeness (QED) is 0.814. The molecule has 112 valence electrons. The summed E-state index contributed by atoms with van der Waals surface area (Å²) in [5.74, 6) is 3.49. The fourth-order valence-electron chi connectivity index (χ4n) is 2.09. The third-order valence-electron chi connectivity index (χ3n) is 3.46. The van der Waals surface area contributed by atoms with Crippen LogP contribution in [0.3, 0.4) is 0 Å². The average Bonchev–Trinajstić information content (AvgIpc) is 2.47. The molecule has 1 saturated carbocycles. The van der Waals surface area contributed by atoms with Crippen LogP contribution in [0.25, 0.3) is 0 Å². The van der Waals surface area contributed by atoms with Crippen molar-refractivity contribution >= 4 is 5.91 Å². The molecule has 0 bridgehead atoms. The summed E-state index contributed by atoms with van der Waals surface area (Å²) in [6.07, 6.45) is 8.42. The van der Waals surface area contributed by atoms with Crippen LogP contribution in [-0.4, -0.2) is 32.8 Å². The number of methoxy groups -OCH3 is 2. The third-order valence-corrected chi connectivity index (χ3v) is 3.46. The summed E-state index contributed by atoms with van der Waals surface area (Å²) < 4.78 is 16.0. The number of rotatable bonds is 6. The van der Waals surface area contributed by atoms with Gasteiger partial charge in [0.2, 0.25) is 5.75 Å². The Morgan fingerprint density at radius 1 is 1.33 bits per heavy atom. The highest BCUT2D eigenvalue weighted by Crippen LogP contribution is 2.38. The van der Waals surface area contributed by atoms with Crippen LogP contribution in [0, 0.1) is 12.3 Å². The fraction of sp³-hybridized carbons (Fsp3) is 0.438. The van der Waals surface area contributed by atoms with Gasteiger partial charge in [-0.1, -0.05) is 5.92 Å². The lowest BCUT2D eigenvalue weighted by Crippen LogP contribution is -2.39. The number of benzene rings is 1. The first-order valence-corrected chi connectivity index (χ1v) is 6.82. The average molecular weight is 289 g/mol. The predicted octanol–water partition coefficient (Wildman–Crippen LogP) is 2.00. The van der Waals surface area contributed by atoms with Gasteiger partial charge in [-0.15, -0.1) is 6.42 Å². The van der Waals surface area contributed by atoms with Gasteiger partial charge in [0, 0.05) is 11.6 Å². The highest BCUT2D eigenvalue weighted by Gasteiger charge is 2.22. The van der Waals surface area contributed by atoms with E-state index >= 15 is 0 Å². The van der Waals surface area contributed by atoms with Crippen molar-refractivity contribution in [1.82, 2.24) is 5.32 Å². The highest BCUT2D eigenvalue weighted by molar-refractivity contribution is 5.95. The monoisotopic (exact) mass is 289 g/mol. The maximum Gasteiger partial charge on any atom is 0.251 e. The number of carbonyl (C=O) groups is 1. The Balaban J connectivity index is 2.26. The molecule has 1 aliphatic carbocycles. The van der Waals surface area contributed by atoms with Gasteiger partial charge < -0.3 is 19.5 Å². The van der Waals surface area contributed by atoms with Crippen LogP contribution in [-0.2, 0) is 0 Å². The first kappa shape index (κ1) is 15.0. The topological polar surface area (TPSA) is 56.8 Å². The van der Waals surface area contributed by atoms with Crippen LogP contribution >= 0.6 is 0 Å². The van der Waals surface area contributed by atoms with E-state index in [0.29, 0.717) is 22.8 Å². The molecule has 0 spiro atoms. The Labute approximate surface area is 124 Å². The minimum atomic E-state index is -0.139. The number of terminal acetylenes is 1. The van der Waals surface area contributed by atoms with Crippen molar-refractivity contribution in [3.8, 4) is 29.6 Å². The summed E-state index contributed by atoms with van der Waals surface area (Å²) in [5, 5.41) is 2.97. The van der Waals surface area contributed by atoms with Crippen LogP contribution < -0.4 is 19.5 Å². The van der Waals surface area contributed by atoms with Crippen LogP contribution in [0.1, 0.15) is 29.6 Å². The molecule has 5 heteroatoms. The molecule has 2 rings (SSSR count). The Morgan fingerprint density at radius 2 is 1.95 bits per heavy atom. The molecule has 0 aromatic heterocycles. The zero-order chi connectivity index (χ0) is 15.2. The van der Waals surface area contributed by atoms with Gasteiger partial charge in [-0.25, -0.2) is 0 Å². The third kappa shape index (κ3) is 3.40. The molecular weight excluding hydrogens is 270 g/mol. The van der Waals surface area contributed by atoms with Crippen LogP contribution in [0.15, 0.2) is 12.1 Å². The molecule has 0 aliphatic heterocycles. The first-order chi connectivity index (χ1) is 10.2. The summed E-state index contributed by atoms with van der Waals surface area (Å²) >= 11 is 0. The maximum absolute atomic E-state index is 12.2. The molecule has 5 nitrogen and oxygen atoms in total. The van der Waals surface area contributed by atoms with Gasteiger partial charge >= 0.3 is 0 Å². The zero-order valence-electron chi connectivity index (χ0n) is 12.3. The van der Waals surface area contributed by atoms with E-state index in [9.17, 15) is 4.79 Å². The second-order valence-electron chi connectivity index (χ2n) is 4.80. The lowest BCUT2D eigenvalue weighted by atomic mass is 9.93. The summed E-state index contributed by atoms with van der Waals surface area (Å²) in [4.78, 5) is 12.2. The van der Waals surface area contributed by atoms with Gasteiger partial charge in [-0.05, 0) is 31.4 Å². The van der Waals surface area contributed by atoms with E-state index < -0.39 is 0 Å². The molecule has 1 aliphatic rings. The lowest BCUT2D eigenvalue weighted by Gasteiger charge is -2.26. The van der Waals surface area contributed by atoms with E-state index in [-0.39, 0.29) is 18.6 Å². The Morgan fingerprint density at radius 3 is 2.38 bits per heavy atom. The minimum Gasteiger partial charge on any atom is -0.493 e. The van der Waals surface area contributed by atoms with Crippen molar-refractivity contribution in [3.63, 3.8) is 0 Å². The highest BCUT2D eigenvalue weighted by atomic mass is 16.5. The van der Waals surface area contributed by atoms with E-state index in [1.54, 1.807) is 12.1 Å².